The molecule has 0 aliphatic carbocycles. The number of hydrogen-bond donors (Lipinski definition) is 2. The standard InChI is InChI=1S/C16H27N3O/c1-13(19(5)14-9-7-6-8-10-14)11-17-15(20)18-12-16(2,3)4/h6-10,13H,11-12H2,1-5H3,(H2,17,18,20). The van der Waals surface area contributed by atoms with E-state index in [1.165, 1.54) is 0 Å². The van der Waals surface area contributed by atoms with E-state index in [0.29, 0.717) is 13.1 Å². The van der Waals surface area contributed by atoms with E-state index >= 15 is 0 Å². The van der Waals surface area contributed by atoms with E-state index in [9.17, 15) is 4.79 Å². The van der Waals surface area contributed by atoms with Gasteiger partial charge < -0.3 is 15.5 Å². The molecule has 0 bridgehead atoms. The van der Waals surface area contributed by atoms with Crippen molar-refractivity contribution in [3.05, 3.63) is 30.3 Å². The van der Waals surface area contributed by atoms with Crippen molar-refractivity contribution in [3.63, 3.8) is 0 Å². The fourth-order valence-corrected chi connectivity index (χ4v) is 1.70. The highest BCUT2D eigenvalue weighted by Crippen LogP contribution is 2.13. The van der Waals surface area contributed by atoms with Crippen LogP contribution in [0.1, 0.15) is 27.7 Å². The Balaban J connectivity index is 2.36. The highest BCUT2D eigenvalue weighted by Gasteiger charge is 2.13. The molecule has 2 amide bonds. The average Bonchev–Trinajstić information content (AvgIpc) is 2.41. The quantitative estimate of drug-likeness (QED) is 0.869. The number of nitrogens with zero attached hydrogens (tertiary/aromatic N) is 1. The van der Waals surface area contributed by atoms with Crippen molar-refractivity contribution in [1.29, 1.82) is 0 Å². The fourth-order valence-electron chi connectivity index (χ4n) is 1.70. The zero-order chi connectivity index (χ0) is 15.2. The number of anilines is 1. The van der Waals surface area contributed by atoms with Crippen LogP contribution in [0.3, 0.4) is 0 Å². The first-order chi connectivity index (χ1) is 9.29. The van der Waals surface area contributed by atoms with Crippen molar-refractivity contribution in [2.24, 2.45) is 5.41 Å². The molecule has 1 aromatic rings. The summed E-state index contributed by atoms with van der Waals surface area (Å²) < 4.78 is 0. The summed E-state index contributed by atoms with van der Waals surface area (Å²) in [6.07, 6.45) is 0. The van der Waals surface area contributed by atoms with Gasteiger partial charge in [0.2, 0.25) is 0 Å². The second-order valence-electron chi connectivity index (χ2n) is 6.42. The van der Waals surface area contributed by atoms with E-state index in [-0.39, 0.29) is 17.5 Å². The van der Waals surface area contributed by atoms with Gasteiger partial charge in [0.25, 0.3) is 0 Å². The zero-order valence-corrected chi connectivity index (χ0v) is 13.2. The number of amides is 2. The van der Waals surface area contributed by atoms with Crippen LogP contribution in [0.15, 0.2) is 30.3 Å². The molecule has 1 aromatic carbocycles. The van der Waals surface area contributed by atoms with E-state index in [1.807, 2.05) is 25.2 Å². The number of urea groups is 1. The third-order valence-corrected chi connectivity index (χ3v) is 3.16. The summed E-state index contributed by atoms with van der Waals surface area (Å²) in [5.74, 6) is 0. The van der Waals surface area contributed by atoms with Crippen molar-refractivity contribution >= 4 is 11.7 Å². The highest BCUT2D eigenvalue weighted by atomic mass is 16.2. The summed E-state index contributed by atoms with van der Waals surface area (Å²) in [6, 6.07) is 10.3. The molecule has 1 rings (SSSR count). The van der Waals surface area contributed by atoms with E-state index in [2.05, 4.69) is 55.4 Å². The number of likely N-dealkylation sites (N-methyl/N-ethyl adjacent to an activating group) is 1. The van der Waals surface area contributed by atoms with Crippen molar-refractivity contribution in [3.8, 4) is 0 Å². The Labute approximate surface area is 122 Å². The largest absolute Gasteiger partial charge is 0.370 e. The van der Waals surface area contributed by atoms with Crippen LogP contribution >= 0.6 is 0 Å². The summed E-state index contributed by atoms with van der Waals surface area (Å²) in [5, 5.41) is 5.80. The van der Waals surface area contributed by atoms with Gasteiger partial charge in [0.05, 0.1) is 0 Å². The van der Waals surface area contributed by atoms with Gasteiger partial charge in [-0.1, -0.05) is 39.0 Å². The minimum atomic E-state index is -0.103. The van der Waals surface area contributed by atoms with E-state index in [1.54, 1.807) is 0 Å². The number of nitrogens with one attached hydrogen (secondary N) is 2. The van der Waals surface area contributed by atoms with Crippen LogP contribution in [0, 0.1) is 5.41 Å². The molecule has 1 atom stereocenters. The number of rotatable bonds is 5. The number of hydrogen-bond acceptors (Lipinski definition) is 2. The average molecular weight is 277 g/mol. The minimum Gasteiger partial charge on any atom is -0.370 e. The monoisotopic (exact) mass is 277 g/mol. The van der Waals surface area contributed by atoms with Crippen molar-refractivity contribution in [2.75, 3.05) is 25.0 Å². The molecule has 0 radical (unpaired) electrons. The molecule has 0 saturated heterocycles. The lowest BCUT2D eigenvalue weighted by atomic mass is 9.97. The number of benzene rings is 1. The van der Waals surface area contributed by atoms with Crippen LogP contribution in [0.4, 0.5) is 10.5 Å². The zero-order valence-electron chi connectivity index (χ0n) is 13.2. The molecule has 0 saturated carbocycles. The summed E-state index contributed by atoms with van der Waals surface area (Å²) in [7, 11) is 2.04. The SMILES string of the molecule is CC(CNC(=O)NCC(C)(C)C)N(C)c1ccccc1. The molecular weight excluding hydrogens is 250 g/mol. The van der Waals surface area contributed by atoms with Gasteiger partial charge in [0.15, 0.2) is 0 Å². The minimum absolute atomic E-state index is 0.101. The topological polar surface area (TPSA) is 44.4 Å². The smallest absolute Gasteiger partial charge is 0.314 e. The Morgan fingerprint density at radius 1 is 1.20 bits per heavy atom. The van der Waals surface area contributed by atoms with Gasteiger partial charge in [0, 0.05) is 31.9 Å². The van der Waals surface area contributed by atoms with E-state index in [0.717, 1.165) is 5.69 Å². The maximum Gasteiger partial charge on any atom is 0.314 e. The number of carbonyl (C=O) groups is 1. The first-order valence-electron chi connectivity index (χ1n) is 7.09. The first kappa shape index (κ1) is 16.3. The molecule has 0 spiro atoms. The number of carbonyl (C=O) groups excluding carboxylic acids is 1. The summed E-state index contributed by atoms with van der Waals surface area (Å²) in [6.45, 7) is 9.66. The van der Waals surface area contributed by atoms with E-state index in [4.69, 9.17) is 0 Å². The molecule has 0 fully saturated rings. The predicted molar refractivity (Wildman–Crippen MR) is 85.2 cm³/mol. The van der Waals surface area contributed by atoms with Gasteiger partial charge in [-0.25, -0.2) is 4.79 Å². The van der Waals surface area contributed by atoms with Crippen molar-refractivity contribution in [1.82, 2.24) is 10.6 Å². The maximum atomic E-state index is 11.7. The third-order valence-electron chi connectivity index (χ3n) is 3.16. The van der Waals surface area contributed by atoms with Crippen molar-refractivity contribution < 1.29 is 4.79 Å². The van der Waals surface area contributed by atoms with Gasteiger partial charge in [-0.15, -0.1) is 0 Å². The van der Waals surface area contributed by atoms with Gasteiger partial charge in [0.1, 0.15) is 0 Å². The molecule has 0 aromatic heterocycles. The second kappa shape index (κ2) is 7.17. The lowest BCUT2D eigenvalue weighted by Crippen LogP contribution is -2.45. The van der Waals surface area contributed by atoms with Gasteiger partial charge >= 0.3 is 6.03 Å². The second-order valence-corrected chi connectivity index (χ2v) is 6.42. The molecule has 4 nitrogen and oxygen atoms in total. The normalized spacial score (nSPS) is 12.7. The molecule has 0 aliphatic rings. The third kappa shape index (κ3) is 5.95. The van der Waals surface area contributed by atoms with Gasteiger partial charge in [-0.2, -0.15) is 0 Å². The molecule has 2 N–H and O–H groups in total. The highest BCUT2D eigenvalue weighted by molar-refractivity contribution is 5.73. The summed E-state index contributed by atoms with van der Waals surface area (Å²) in [5.41, 5.74) is 1.25. The molecule has 20 heavy (non-hydrogen) atoms. The van der Waals surface area contributed by atoms with E-state index < -0.39 is 0 Å². The Bertz CT molecular complexity index is 411. The lowest BCUT2D eigenvalue weighted by molar-refractivity contribution is 0.235. The van der Waals surface area contributed by atoms with Crippen LogP contribution in [0.5, 0.6) is 0 Å². The molecular formula is C16H27N3O. The van der Waals surface area contributed by atoms with Crippen LogP contribution in [0.25, 0.3) is 0 Å². The van der Waals surface area contributed by atoms with Crippen LogP contribution < -0.4 is 15.5 Å². The van der Waals surface area contributed by atoms with Gasteiger partial charge in [-0.05, 0) is 24.5 Å². The molecule has 112 valence electrons. The molecule has 0 aliphatic heterocycles. The van der Waals surface area contributed by atoms with Crippen molar-refractivity contribution in [2.45, 2.75) is 33.7 Å². The molecule has 1 unspecified atom stereocenters. The van der Waals surface area contributed by atoms with Gasteiger partial charge in [-0.3, -0.25) is 0 Å². The molecule has 0 heterocycles. The Hall–Kier alpha value is -1.71. The van der Waals surface area contributed by atoms with Crippen LogP contribution in [-0.4, -0.2) is 32.2 Å². The predicted octanol–water partition coefficient (Wildman–Crippen LogP) is 2.86. The van der Waals surface area contributed by atoms with Crippen LogP contribution in [-0.2, 0) is 0 Å². The summed E-state index contributed by atoms with van der Waals surface area (Å²) in [4.78, 5) is 13.9. The number of para-hydroxylation sites is 1. The Morgan fingerprint density at radius 2 is 1.80 bits per heavy atom. The molecule has 4 heteroatoms. The first-order valence-corrected chi connectivity index (χ1v) is 7.09. The Kier molecular flexibility index (Phi) is 5.86. The lowest BCUT2D eigenvalue weighted by Gasteiger charge is -2.27. The fraction of sp³-hybridized carbons (Fsp3) is 0.562. The Morgan fingerprint density at radius 3 is 2.35 bits per heavy atom. The maximum absolute atomic E-state index is 11.7. The van der Waals surface area contributed by atoms with Crippen LogP contribution in [0.2, 0.25) is 0 Å². The summed E-state index contributed by atoms with van der Waals surface area (Å²) >= 11 is 0.